The molecule has 6 heteroatoms. The molecule has 3 N–H and O–H groups in total. The molecule has 0 aliphatic carbocycles. The van der Waals surface area contributed by atoms with Gasteiger partial charge in [-0.1, -0.05) is 13.8 Å². The summed E-state index contributed by atoms with van der Waals surface area (Å²) in [6.45, 7) is 3.98. The van der Waals surface area contributed by atoms with E-state index in [0.29, 0.717) is 28.2 Å². The van der Waals surface area contributed by atoms with Crippen LogP contribution in [0.5, 0.6) is 0 Å². The molecule has 0 fully saturated rings. The Balaban J connectivity index is 2.79. The van der Waals surface area contributed by atoms with Gasteiger partial charge in [-0.2, -0.15) is 0 Å². The van der Waals surface area contributed by atoms with Crippen LogP contribution in [0.3, 0.4) is 0 Å². The zero-order valence-electron chi connectivity index (χ0n) is 11.0. The number of nitrogens with one attached hydrogen (secondary N) is 1. The molecule has 2 rings (SSSR count). The number of aromatic nitrogens is 3. The largest absolute Gasteiger partial charge is 0.383 e. The van der Waals surface area contributed by atoms with Gasteiger partial charge in [0.2, 0.25) is 0 Å². The van der Waals surface area contributed by atoms with Crippen LogP contribution in [-0.4, -0.2) is 27.5 Å². The fourth-order valence-corrected chi connectivity index (χ4v) is 1.88. The molecular formula is C12H17N5O. The SMILES string of the molecule is CNC(=O)c1c2nc(C(C)C)nc(N)c2cn1C. The van der Waals surface area contributed by atoms with Crippen LogP contribution < -0.4 is 11.1 Å². The molecule has 6 nitrogen and oxygen atoms in total. The van der Waals surface area contributed by atoms with E-state index in [0.717, 1.165) is 0 Å². The van der Waals surface area contributed by atoms with E-state index < -0.39 is 0 Å². The Morgan fingerprint density at radius 3 is 2.67 bits per heavy atom. The molecule has 2 aromatic heterocycles. The monoisotopic (exact) mass is 247 g/mol. The number of hydrogen-bond acceptors (Lipinski definition) is 4. The van der Waals surface area contributed by atoms with E-state index in [4.69, 9.17) is 5.73 Å². The molecule has 0 aliphatic rings. The molecule has 18 heavy (non-hydrogen) atoms. The highest BCUT2D eigenvalue weighted by Gasteiger charge is 2.19. The first-order valence-electron chi connectivity index (χ1n) is 5.80. The highest BCUT2D eigenvalue weighted by molar-refractivity contribution is 6.06. The Morgan fingerprint density at radius 1 is 1.44 bits per heavy atom. The lowest BCUT2D eigenvalue weighted by Gasteiger charge is -2.06. The van der Waals surface area contributed by atoms with Crippen LogP contribution in [-0.2, 0) is 7.05 Å². The van der Waals surface area contributed by atoms with Gasteiger partial charge >= 0.3 is 0 Å². The van der Waals surface area contributed by atoms with Crippen LogP contribution in [0.15, 0.2) is 6.20 Å². The third-order valence-electron chi connectivity index (χ3n) is 2.85. The lowest BCUT2D eigenvalue weighted by Crippen LogP contribution is -2.21. The molecule has 0 spiro atoms. The number of aryl methyl sites for hydroxylation is 1. The number of carbonyl (C=O) groups excluding carboxylic acids is 1. The maximum atomic E-state index is 11.9. The summed E-state index contributed by atoms with van der Waals surface area (Å²) >= 11 is 0. The van der Waals surface area contributed by atoms with E-state index in [2.05, 4.69) is 15.3 Å². The molecular weight excluding hydrogens is 230 g/mol. The minimum Gasteiger partial charge on any atom is -0.383 e. The van der Waals surface area contributed by atoms with E-state index in [1.165, 1.54) is 0 Å². The Morgan fingerprint density at radius 2 is 2.11 bits per heavy atom. The van der Waals surface area contributed by atoms with Crippen LogP contribution in [0.1, 0.15) is 36.1 Å². The van der Waals surface area contributed by atoms with Crippen LogP contribution in [0.4, 0.5) is 5.82 Å². The maximum Gasteiger partial charge on any atom is 0.269 e. The molecule has 0 bridgehead atoms. The van der Waals surface area contributed by atoms with Crippen LogP contribution in [0.2, 0.25) is 0 Å². The maximum absolute atomic E-state index is 11.9. The van der Waals surface area contributed by atoms with Crippen molar-refractivity contribution in [3.63, 3.8) is 0 Å². The van der Waals surface area contributed by atoms with E-state index in [1.807, 2.05) is 13.8 Å². The summed E-state index contributed by atoms with van der Waals surface area (Å²) in [5, 5.41) is 3.32. The zero-order valence-corrected chi connectivity index (χ0v) is 11.0. The third kappa shape index (κ3) is 1.79. The summed E-state index contributed by atoms with van der Waals surface area (Å²) in [5.74, 6) is 1.04. The van der Waals surface area contributed by atoms with Crippen molar-refractivity contribution < 1.29 is 4.79 Å². The van der Waals surface area contributed by atoms with E-state index in [9.17, 15) is 4.79 Å². The number of carbonyl (C=O) groups is 1. The molecule has 1 amide bonds. The smallest absolute Gasteiger partial charge is 0.269 e. The van der Waals surface area contributed by atoms with Crippen molar-refractivity contribution in [1.82, 2.24) is 19.9 Å². The summed E-state index contributed by atoms with van der Waals surface area (Å²) in [7, 11) is 3.38. The van der Waals surface area contributed by atoms with Crippen LogP contribution in [0.25, 0.3) is 10.9 Å². The standard InChI is InChI=1S/C12H17N5O/c1-6(2)11-15-8-7(10(13)16-11)5-17(4)9(8)12(18)14-3/h5-6H,1-4H3,(H,14,18)(H2,13,15,16). The van der Waals surface area contributed by atoms with Gasteiger partial charge in [0, 0.05) is 26.2 Å². The number of anilines is 1. The number of fused-ring (bicyclic) bond motifs is 1. The first-order valence-corrected chi connectivity index (χ1v) is 5.80. The van der Waals surface area contributed by atoms with Crippen LogP contribution >= 0.6 is 0 Å². The van der Waals surface area contributed by atoms with Crippen molar-refractivity contribution in [1.29, 1.82) is 0 Å². The average molecular weight is 247 g/mol. The average Bonchev–Trinajstić information content (AvgIpc) is 2.65. The number of nitrogens with zero attached hydrogens (tertiary/aromatic N) is 3. The topological polar surface area (TPSA) is 85.8 Å². The van der Waals surface area contributed by atoms with Gasteiger partial charge in [-0.15, -0.1) is 0 Å². The summed E-state index contributed by atoms with van der Waals surface area (Å²) in [6, 6.07) is 0. The Bertz CT molecular complexity index is 614. The van der Waals surface area contributed by atoms with Gasteiger partial charge in [0.15, 0.2) is 0 Å². The molecule has 2 aromatic rings. The fourth-order valence-electron chi connectivity index (χ4n) is 1.88. The zero-order chi connectivity index (χ0) is 13.4. The molecule has 0 radical (unpaired) electrons. The van der Waals surface area contributed by atoms with Gasteiger partial charge in [-0.25, -0.2) is 9.97 Å². The predicted molar refractivity (Wildman–Crippen MR) is 70.4 cm³/mol. The van der Waals surface area contributed by atoms with Crippen LogP contribution in [0, 0.1) is 0 Å². The van der Waals surface area contributed by atoms with Crippen molar-refractivity contribution in [2.45, 2.75) is 19.8 Å². The fraction of sp³-hybridized carbons (Fsp3) is 0.417. The van der Waals surface area contributed by atoms with E-state index in [1.54, 1.807) is 24.9 Å². The van der Waals surface area contributed by atoms with Gasteiger partial charge in [-0.05, 0) is 0 Å². The Hall–Kier alpha value is -2.11. The highest BCUT2D eigenvalue weighted by atomic mass is 16.1. The van der Waals surface area contributed by atoms with E-state index in [-0.39, 0.29) is 11.8 Å². The van der Waals surface area contributed by atoms with Crippen molar-refractivity contribution in [3.8, 4) is 0 Å². The highest BCUT2D eigenvalue weighted by Crippen LogP contribution is 2.25. The molecule has 0 aromatic carbocycles. The molecule has 0 saturated heterocycles. The van der Waals surface area contributed by atoms with Gasteiger partial charge in [0.05, 0.1) is 5.39 Å². The molecule has 0 atom stereocenters. The Kier molecular flexibility index (Phi) is 2.94. The van der Waals surface area contributed by atoms with Gasteiger partial charge in [-0.3, -0.25) is 4.79 Å². The molecule has 0 aliphatic heterocycles. The minimum absolute atomic E-state index is 0.162. The normalized spacial score (nSPS) is 11.2. The molecule has 2 heterocycles. The molecule has 0 unspecified atom stereocenters. The van der Waals surface area contributed by atoms with Gasteiger partial charge in [0.1, 0.15) is 22.9 Å². The summed E-state index contributed by atoms with van der Waals surface area (Å²) < 4.78 is 1.72. The second-order valence-corrected chi connectivity index (χ2v) is 4.55. The van der Waals surface area contributed by atoms with Crippen molar-refractivity contribution >= 4 is 22.6 Å². The first kappa shape index (κ1) is 12.3. The van der Waals surface area contributed by atoms with Crippen molar-refractivity contribution in [3.05, 3.63) is 17.7 Å². The lowest BCUT2D eigenvalue weighted by molar-refractivity contribution is 0.0956. The Labute approximate surface area is 105 Å². The van der Waals surface area contributed by atoms with Crippen molar-refractivity contribution in [2.75, 3.05) is 12.8 Å². The number of nitrogens with two attached hydrogens (primary N) is 1. The molecule has 96 valence electrons. The number of hydrogen-bond donors (Lipinski definition) is 2. The summed E-state index contributed by atoms with van der Waals surface area (Å²) in [4.78, 5) is 20.6. The van der Waals surface area contributed by atoms with E-state index >= 15 is 0 Å². The summed E-state index contributed by atoms with van der Waals surface area (Å²) in [6.07, 6.45) is 1.78. The molecule has 0 saturated carbocycles. The lowest BCUT2D eigenvalue weighted by atomic mass is 10.2. The number of nitrogen functional groups attached to an aromatic ring is 1. The van der Waals surface area contributed by atoms with Gasteiger partial charge < -0.3 is 15.6 Å². The second-order valence-electron chi connectivity index (χ2n) is 4.55. The number of rotatable bonds is 2. The quantitative estimate of drug-likeness (QED) is 0.830. The minimum atomic E-state index is -0.180. The second kappa shape index (κ2) is 4.29. The predicted octanol–water partition coefficient (Wildman–Crippen LogP) is 1.03. The summed E-state index contributed by atoms with van der Waals surface area (Å²) in [5.41, 5.74) is 7.03. The van der Waals surface area contributed by atoms with Gasteiger partial charge in [0.25, 0.3) is 5.91 Å². The first-order chi connectivity index (χ1) is 8.45. The number of amides is 1. The third-order valence-corrected chi connectivity index (χ3v) is 2.85. The van der Waals surface area contributed by atoms with Crippen molar-refractivity contribution in [2.24, 2.45) is 7.05 Å².